The molecule has 0 spiro atoms. The molecule has 2 aromatic rings. The quantitative estimate of drug-likeness (QED) is 0.236. The van der Waals surface area contributed by atoms with Crippen LogP contribution in [0.5, 0.6) is 0 Å². The maximum Gasteiger partial charge on any atom is 0.490 e. The fourth-order valence-electron chi connectivity index (χ4n) is 2.46. The van der Waals surface area contributed by atoms with E-state index < -0.39 is 48.5 Å². The average Bonchev–Trinajstić information content (AvgIpc) is 3.14. The van der Waals surface area contributed by atoms with Crippen molar-refractivity contribution in [3.63, 3.8) is 0 Å². The molecule has 1 saturated heterocycles. The molecule has 7 N–H and O–H groups in total. The highest BCUT2D eigenvalue weighted by Crippen LogP contribution is 2.66. The van der Waals surface area contributed by atoms with Crippen LogP contribution in [0.25, 0.3) is 11.2 Å². The molecule has 0 bridgehead atoms. The van der Waals surface area contributed by atoms with E-state index in [1.807, 2.05) is 0 Å². The average molecular weight is 492 g/mol. The lowest BCUT2D eigenvalue weighted by atomic mass is 10.2. The number of fused-ring (bicyclic) bond motifs is 1. The molecule has 0 aliphatic carbocycles. The van der Waals surface area contributed by atoms with Gasteiger partial charge in [-0.15, -0.1) is 5.10 Å². The van der Waals surface area contributed by atoms with Gasteiger partial charge in [-0.05, 0) is 0 Å². The molecule has 1 aliphatic rings. The van der Waals surface area contributed by atoms with Gasteiger partial charge in [0.1, 0.15) is 12.4 Å². The van der Waals surface area contributed by atoms with E-state index in [1.54, 1.807) is 0 Å². The molecule has 1 aliphatic heterocycles. The van der Waals surface area contributed by atoms with Gasteiger partial charge in [0.2, 0.25) is 0 Å². The lowest BCUT2D eigenvalue weighted by Crippen LogP contribution is -2.26. The first-order chi connectivity index (χ1) is 13.8. The van der Waals surface area contributed by atoms with E-state index in [1.165, 1.54) is 4.68 Å². The number of nitrogen functional groups attached to an aromatic ring is 1. The molecule has 3 heterocycles. The van der Waals surface area contributed by atoms with Crippen molar-refractivity contribution in [3.05, 3.63) is 6.33 Å². The number of hydrogen-bond donors (Lipinski definition) is 6. The highest BCUT2D eigenvalue weighted by atomic mass is 31.3. The Morgan fingerprint density at radius 3 is 2.53 bits per heavy atom. The SMILES string of the molecule is Nc1ncnc2c1nnn2[C@H]1C[C@@H](O)[C@@H](COP(=O)(O)OP(=O)(O)OP(=O)(O)O)O1. The number of phosphoric ester groups is 1. The molecule has 2 aromatic heterocycles. The molecule has 0 amide bonds. The minimum Gasteiger partial charge on any atom is -0.390 e. The second kappa shape index (κ2) is 8.27. The molecule has 18 nitrogen and oxygen atoms in total. The molecule has 30 heavy (non-hydrogen) atoms. The molecule has 0 radical (unpaired) electrons. The van der Waals surface area contributed by atoms with E-state index >= 15 is 0 Å². The number of anilines is 1. The van der Waals surface area contributed by atoms with Gasteiger partial charge in [0, 0.05) is 6.42 Å². The molecule has 1 fully saturated rings. The van der Waals surface area contributed by atoms with Crippen LogP contribution in [0, 0.1) is 0 Å². The number of nitrogens with two attached hydrogens (primary N) is 1. The van der Waals surface area contributed by atoms with Crippen molar-refractivity contribution in [1.82, 2.24) is 25.0 Å². The summed E-state index contributed by atoms with van der Waals surface area (Å²) in [6.45, 7) is -0.814. The highest BCUT2D eigenvalue weighted by molar-refractivity contribution is 7.66. The molecule has 2 unspecified atom stereocenters. The number of ether oxygens (including phenoxy) is 1. The normalized spacial score (nSPS) is 26.5. The Hall–Kier alpha value is -1.39. The molecular formula is C9H15N6O12P3. The molecule has 5 atom stereocenters. The minimum atomic E-state index is -5.65. The Labute approximate surface area is 166 Å². The third-order valence-corrected chi connectivity index (χ3v) is 7.39. The van der Waals surface area contributed by atoms with Gasteiger partial charge in [-0.3, -0.25) is 4.52 Å². The summed E-state index contributed by atoms with van der Waals surface area (Å²) in [5.41, 5.74) is 6.04. The summed E-state index contributed by atoms with van der Waals surface area (Å²) >= 11 is 0. The predicted octanol–water partition coefficient (Wildman–Crippen LogP) is -1.20. The number of aliphatic hydroxyl groups is 1. The zero-order valence-corrected chi connectivity index (χ0v) is 17.2. The zero-order valence-electron chi connectivity index (χ0n) is 14.5. The fourth-order valence-corrected chi connectivity index (χ4v) is 5.49. The first kappa shape index (κ1) is 23.3. The van der Waals surface area contributed by atoms with Crippen LogP contribution in [-0.4, -0.2) is 68.5 Å². The smallest absolute Gasteiger partial charge is 0.390 e. The Morgan fingerprint density at radius 1 is 1.17 bits per heavy atom. The predicted molar refractivity (Wildman–Crippen MR) is 91.9 cm³/mol. The fraction of sp³-hybridized carbons (Fsp3) is 0.556. The lowest BCUT2D eigenvalue weighted by Gasteiger charge is -2.19. The van der Waals surface area contributed by atoms with Crippen LogP contribution in [0.4, 0.5) is 5.82 Å². The minimum absolute atomic E-state index is 0.0627. The molecular weight excluding hydrogens is 477 g/mol. The summed E-state index contributed by atoms with van der Waals surface area (Å²) in [7, 11) is -16.5. The second-order valence-corrected chi connectivity index (χ2v) is 10.2. The third-order valence-electron chi connectivity index (χ3n) is 3.58. The van der Waals surface area contributed by atoms with Crippen LogP contribution >= 0.6 is 23.5 Å². The number of hydrogen-bond acceptors (Lipinski definition) is 13. The summed E-state index contributed by atoms with van der Waals surface area (Å²) in [5, 5.41) is 17.7. The molecule has 168 valence electrons. The summed E-state index contributed by atoms with van der Waals surface area (Å²) in [5.74, 6) is 0.0639. The van der Waals surface area contributed by atoms with E-state index in [0.29, 0.717) is 0 Å². The van der Waals surface area contributed by atoms with Gasteiger partial charge in [0.15, 0.2) is 23.2 Å². The van der Waals surface area contributed by atoms with Crippen molar-refractivity contribution in [1.29, 1.82) is 0 Å². The second-order valence-electron chi connectivity index (χ2n) is 5.78. The van der Waals surface area contributed by atoms with E-state index in [-0.39, 0.29) is 23.4 Å². The first-order valence-electron chi connectivity index (χ1n) is 7.69. The third kappa shape index (κ3) is 5.64. The van der Waals surface area contributed by atoms with Crippen LogP contribution in [0.3, 0.4) is 0 Å². The van der Waals surface area contributed by atoms with E-state index in [0.717, 1.165) is 6.33 Å². The van der Waals surface area contributed by atoms with Crippen molar-refractivity contribution in [2.75, 3.05) is 12.3 Å². The molecule has 0 saturated carbocycles. The van der Waals surface area contributed by atoms with E-state index in [2.05, 4.69) is 33.4 Å². The number of nitrogens with zero attached hydrogens (tertiary/aromatic N) is 5. The van der Waals surface area contributed by atoms with Crippen LogP contribution in [0.15, 0.2) is 6.33 Å². The van der Waals surface area contributed by atoms with Crippen LogP contribution < -0.4 is 5.73 Å². The number of aromatic nitrogens is 5. The number of rotatable bonds is 8. The monoisotopic (exact) mass is 492 g/mol. The van der Waals surface area contributed by atoms with Gasteiger partial charge in [0.25, 0.3) is 0 Å². The Kier molecular flexibility index (Phi) is 6.42. The van der Waals surface area contributed by atoms with Crippen LogP contribution in [0.1, 0.15) is 12.6 Å². The Bertz CT molecular complexity index is 1070. The molecule has 3 rings (SSSR count). The van der Waals surface area contributed by atoms with Crippen molar-refractivity contribution in [2.45, 2.75) is 24.9 Å². The number of phosphoric acid groups is 3. The van der Waals surface area contributed by atoms with Gasteiger partial charge >= 0.3 is 23.5 Å². The van der Waals surface area contributed by atoms with Crippen LogP contribution in [0.2, 0.25) is 0 Å². The maximum atomic E-state index is 11.8. The van der Waals surface area contributed by atoms with Gasteiger partial charge in [-0.1, -0.05) is 5.21 Å². The van der Waals surface area contributed by atoms with Gasteiger partial charge in [-0.2, -0.15) is 13.3 Å². The van der Waals surface area contributed by atoms with Gasteiger partial charge < -0.3 is 35.2 Å². The zero-order chi connectivity index (χ0) is 22.3. The van der Waals surface area contributed by atoms with Crippen molar-refractivity contribution >= 4 is 40.4 Å². The van der Waals surface area contributed by atoms with Gasteiger partial charge in [-0.25, -0.2) is 23.7 Å². The topological polar surface area (TPSA) is 272 Å². The summed E-state index contributed by atoms with van der Waals surface area (Å²) in [6, 6.07) is 0. The van der Waals surface area contributed by atoms with E-state index in [4.69, 9.17) is 25.2 Å². The standard InChI is InChI=1S/C9H15N6O12P3/c10-8-7-9(12-3-11-8)15(14-13-7)6-1-4(16)5(25-6)2-24-29(20,21)27-30(22,23)26-28(17,18)19/h3-6,16H,1-2H2,(H,20,21)(H,22,23)(H2,10,11,12)(H2,17,18,19)/t4-,5-,6-/m1/s1. The lowest BCUT2D eigenvalue weighted by molar-refractivity contribution is -0.0466. The summed E-state index contributed by atoms with van der Waals surface area (Å²) in [6.07, 6.45) is -2.28. The van der Waals surface area contributed by atoms with Crippen LogP contribution in [-0.2, 0) is 31.6 Å². The van der Waals surface area contributed by atoms with Gasteiger partial charge in [0.05, 0.1) is 12.7 Å². The largest absolute Gasteiger partial charge is 0.490 e. The molecule has 21 heteroatoms. The van der Waals surface area contributed by atoms with Crippen molar-refractivity contribution < 1.29 is 56.3 Å². The van der Waals surface area contributed by atoms with Crippen molar-refractivity contribution in [3.8, 4) is 0 Å². The van der Waals surface area contributed by atoms with Crippen molar-refractivity contribution in [2.24, 2.45) is 0 Å². The highest BCUT2D eigenvalue weighted by Gasteiger charge is 2.43. The Morgan fingerprint density at radius 2 is 1.87 bits per heavy atom. The Balaban J connectivity index is 1.64. The maximum absolute atomic E-state index is 11.8. The first-order valence-corrected chi connectivity index (χ1v) is 12.2. The van der Waals surface area contributed by atoms with E-state index in [9.17, 15) is 23.7 Å². The number of aliphatic hydroxyl groups excluding tert-OH is 1. The summed E-state index contributed by atoms with van der Waals surface area (Å²) in [4.78, 5) is 43.2. The summed E-state index contributed by atoms with van der Waals surface area (Å²) < 4.78 is 52.0. The molecule has 0 aromatic carbocycles.